The highest BCUT2D eigenvalue weighted by Crippen LogP contribution is 2.42. The van der Waals surface area contributed by atoms with Crippen molar-refractivity contribution in [2.24, 2.45) is 5.92 Å². The topological polar surface area (TPSA) is 83.0 Å². The smallest absolute Gasteiger partial charge is 0.257 e. The molecule has 10 heteroatoms. The van der Waals surface area contributed by atoms with Crippen molar-refractivity contribution < 1.29 is 23.8 Å². The summed E-state index contributed by atoms with van der Waals surface area (Å²) in [4.78, 5) is 31.8. The Labute approximate surface area is 230 Å². The third-order valence-corrected chi connectivity index (χ3v) is 7.41. The quantitative estimate of drug-likeness (QED) is 0.464. The van der Waals surface area contributed by atoms with Crippen molar-refractivity contribution in [3.8, 4) is 0 Å². The maximum absolute atomic E-state index is 15.2. The van der Waals surface area contributed by atoms with E-state index in [0.717, 1.165) is 5.02 Å². The predicted molar refractivity (Wildman–Crippen MR) is 142 cm³/mol. The van der Waals surface area contributed by atoms with E-state index >= 15 is 4.39 Å². The fourth-order valence-corrected chi connectivity index (χ4v) is 4.83. The monoisotopic (exact) mass is 559 g/mol. The lowest BCUT2D eigenvalue weighted by molar-refractivity contribution is -0.144. The number of likely N-dealkylation sites (tertiary alicyclic amines) is 1. The molecule has 5 rings (SSSR count). The molecule has 3 aromatic rings. The van der Waals surface area contributed by atoms with Gasteiger partial charge in [0.2, 0.25) is 5.91 Å². The van der Waals surface area contributed by atoms with Crippen LogP contribution in [0.25, 0.3) is 0 Å². The molecule has 3 heterocycles. The number of aromatic nitrogens is 1. The minimum Gasteiger partial charge on any atom is -0.385 e. The number of rotatable bonds is 5. The Bertz CT molecular complexity index is 1320. The Hall–Kier alpha value is -3.04. The molecule has 1 aromatic heterocycles. The van der Waals surface area contributed by atoms with Gasteiger partial charge in [-0.1, -0.05) is 41.4 Å². The van der Waals surface area contributed by atoms with E-state index in [0.29, 0.717) is 29.4 Å². The first kappa shape index (κ1) is 28.0. The minimum atomic E-state index is -1.39. The molecule has 0 aliphatic carbocycles. The fraction of sp³-hybridized carbons (Fsp3) is 0.321. The first-order chi connectivity index (χ1) is 18.0. The molecule has 1 saturated heterocycles. The second-order valence-corrected chi connectivity index (χ2v) is 10.3. The van der Waals surface area contributed by atoms with E-state index in [4.69, 9.17) is 27.9 Å². The number of methoxy groups -OCH3 is 1. The normalized spacial score (nSPS) is 18.3. The van der Waals surface area contributed by atoms with E-state index < -0.39 is 23.6 Å². The number of carbonyl (C=O) groups is 2. The molecule has 0 bridgehead atoms. The second kappa shape index (κ2) is 11.4. The first-order valence-corrected chi connectivity index (χ1v) is 12.7. The molecule has 0 radical (unpaired) electrons. The fourth-order valence-electron chi connectivity index (χ4n) is 4.57. The van der Waals surface area contributed by atoms with Gasteiger partial charge in [0.15, 0.2) is 6.23 Å². The highest BCUT2D eigenvalue weighted by molar-refractivity contribution is 6.30. The Balaban J connectivity index is 0.000000417. The van der Waals surface area contributed by atoms with Gasteiger partial charge < -0.3 is 19.6 Å². The lowest BCUT2D eigenvalue weighted by Gasteiger charge is -2.46. The van der Waals surface area contributed by atoms with E-state index in [1.165, 1.54) is 37.3 Å². The van der Waals surface area contributed by atoms with Crippen LogP contribution in [0.2, 0.25) is 10.0 Å². The van der Waals surface area contributed by atoms with Gasteiger partial charge in [0.25, 0.3) is 5.91 Å². The predicted octanol–water partition coefficient (Wildman–Crippen LogP) is 5.20. The molecule has 2 aliphatic heterocycles. The van der Waals surface area contributed by atoms with Gasteiger partial charge in [-0.2, -0.15) is 0 Å². The Morgan fingerprint density at radius 2 is 1.84 bits per heavy atom. The zero-order valence-electron chi connectivity index (χ0n) is 21.2. The number of hydrogen-bond donors (Lipinski definition) is 1. The van der Waals surface area contributed by atoms with Crippen LogP contribution in [-0.2, 0) is 21.7 Å². The summed E-state index contributed by atoms with van der Waals surface area (Å²) in [7, 11) is 1.41. The van der Waals surface area contributed by atoms with Crippen LogP contribution in [-0.4, -0.2) is 51.9 Å². The van der Waals surface area contributed by atoms with Crippen molar-refractivity contribution in [3.05, 3.63) is 99.0 Å². The molecule has 2 aliphatic rings. The third kappa shape index (κ3) is 5.68. The maximum Gasteiger partial charge on any atom is 0.257 e. The Morgan fingerprint density at radius 1 is 1.16 bits per heavy atom. The summed E-state index contributed by atoms with van der Waals surface area (Å²) >= 11 is 11.4. The molecule has 7 nitrogen and oxygen atoms in total. The van der Waals surface area contributed by atoms with E-state index in [2.05, 4.69) is 4.98 Å². The number of ether oxygens (including phenoxy) is 1. The summed E-state index contributed by atoms with van der Waals surface area (Å²) in [5.74, 6) is -1.36. The second-order valence-electron chi connectivity index (χ2n) is 9.47. The van der Waals surface area contributed by atoms with Crippen molar-refractivity contribution in [1.29, 1.82) is 0 Å². The number of benzene rings is 2. The van der Waals surface area contributed by atoms with E-state index in [1.807, 2.05) is 30.3 Å². The molecule has 0 saturated carbocycles. The van der Waals surface area contributed by atoms with Gasteiger partial charge in [-0.15, -0.1) is 0 Å². The summed E-state index contributed by atoms with van der Waals surface area (Å²) in [6.45, 7) is 3.92. The summed E-state index contributed by atoms with van der Waals surface area (Å²) in [6.07, 6.45) is 0.571. The zero-order chi connectivity index (χ0) is 27.6. The largest absolute Gasteiger partial charge is 0.385 e. The number of halogens is 3. The number of pyridine rings is 1. The van der Waals surface area contributed by atoms with E-state index in [1.54, 1.807) is 24.0 Å². The Kier molecular flexibility index (Phi) is 8.37. The van der Waals surface area contributed by atoms with E-state index in [9.17, 15) is 14.7 Å². The number of amides is 2. The molecular weight excluding hydrogens is 532 g/mol. The molecule has 2 unspecified atom stereocenters. The zero-order valence-corrected chi connectivity index (χ0v) is 22.7. The number of aliphatic hydroxyl groups is 1. The lowest BCUT2D eigenvalue weighted by atomic mass is 9.77. The van der Waals surface area contributed by atoms with Gasteiger partial charge in [-0.3, -0.25) is 14.6 Å². The highest BCUT2D eigenvalue weighted by atomic mass is 35.5. The van der Waals surface area contributed by atoms with Crippen LogP contribution in [0.4, 0.5) is 4.39 Å². The molecule has 1 fully saturated rings. The van der Waals surface area contributed by atoms with Crippen molar-refractivity contribution in [1.82, 2.24) is 14.8 Å². The van der Waals surface area contributed by atoms with Crippen LogP contribution < -0.4 is 0 Å². The van der Waals surface area contributed by atoms with Crippen molar-refractivity contribution >= 4 is 35.0 Å². The first-order valence-electron chi connectivity index (χ1n) is 12.0. The van der Waals surface area contributed by atoms with Crippen LogP contribution >= 0.6 is 23.2 Å². The number of carbonyl (C=O) groups excluding carboxylic acids is 2. The summed E-state index contributed by atoms with van der Waals surface area (Å²) in [6, 6.07) is 15.6. The van der Waals surface area contributed by atoms with Gasteiger partial charge in [-0.05, 0) is 48.9 Å². The van der Waals surface area contributed by atoms with Gasteiger partial charge in [-0.25, -0.2) is 4.39 Å². The molecule has 38 heavy (non-hydrogen) atoms. The van der Waals surface area contributed by atoms with Crippen LogP contribution in [0.15, 0.2) is 60.8 Å². The molecule has 2 aromatic carbocycles. The molecule has 200 valence electrons. The summed E-state index contributed by atoms with van der Waals surface area (Å²) < 4.78 is 20.6. The number of fused-ring (bicyclic) bond motifs is 1. The highest BCUT2D eigenvalue weighted by Gasteiger charge is 2.46. The third-order valence-electron chi connectivity index (χ3n) is 6.93. The molecule has 1 N–H and O–H groups in total. The molecular formula is C28H28Cl2FN3O4. The molecule has 2 amide bonds. The summed E-state index contributed by atoms with van der Waals surface area (Å²) in [5.41, 5.74) is -0.222. The van der Waals surface area contributed by atoms with Crippen molar-refractivity contribution in [2.75, 3.05) is 20.2 Å². The van der Waals surface area contributed by atoms with Gasteiger partial charge in [0.1, 0.15) is 5.82 Å². The average Bonchev–Trinajstić information content (AvgIpc) is 3.11. The van der Waals surface area contributed by atoms with Crippen LogP contribution in [0, 0.1) is 11.7 Å². The van der Waals surface area contributed by atoms with Crippen LogP contribution in [0.5, 0.6) is 0 Å². The van der Waals surface area contributed by atoms with Gasteiger partial charge >= 0.3 is 0 Å². The standard InChI is InChI=1S/C22H23ClFN3O4.C6H5Cl/c1-12(28)26-9-14(10-26)22(2,30)13-6-17-19(18(24)7-13)21(31-3)27(20(17)29)11-16-5-4-15(23)8-25-16;7-6-4-2-1-3-5-6/h4-8,14,21,30H,9-11H2,1-3H3;1-5H. The van der Waals surface area contributed by atoms with Gasteiger partial charge in [0.05, 0.1) is 28.4 Å². The van der Waals surface area contributed by atoms with Crippen LogP contribution in [0.3, 0.4) is 0 Å². The number of nitrogens with zero attached hydrogens (tertiary/aromatic N) is 3. The van der Waals surface area contributed by atoms with Gasteiger partial charge in [0, 0.05) is 49.8 Å². The minimum absolute atomic E-state index is 0.0725. The molecule has 2 atom stereocenters. The SMILES string of the molecule is COC1c2c(F)cc(C(C)(O)C3CN(C(C)=O)C3)cc2C(=O)N1Cc1ccc(Cl)cn1.Clc1ccccc1. The maximum atomic E-state index is 15.2. The lowest BCUT2D eigenvalue weighted by Crippen LogP contribution is -2.56. The number of hydrogen-bond acceptors (Lipinski definition) is 5. The van der Waals surface area contributed by atoms with E-state index in [-0.39, 0.29) is 29.5 Å². The van der Waals surface area contributed by atoms with Crippen molar-refractivity contribution in [2.45, 2.75) is 32.2 Å². The van der Waals surface area contributed by atoms with Crippen LogP contribution in [0.1, 0.15) is 47.3 Å². The Morgan fingerprint density at radius 3 is 2.37 bits per heavy atom. The summed E-state index contributed by atoms with van der Waals surface area (Å²) in [5, 5.41) is 12.4. The average molecular weight is 560 g/mol. The molecule has 0 spiro atoms. The van der Waals surface area contributed by atoms with Crippen molar-refractivity contribution in [3.63, 3.8) is 0 Å².